The molecule has 0 spiro atoms. The Morgan fingerprint density at radius 2 is 1.88 bits per heavy atom. The normalized spacial score (nSPS) is 15.7. The minimum absolute atomic E-state index is 0.245. The van der Waals surface area contributed by atoms with Gasteiger partial charge in [-0.05, 0) is 42.7 Å². The summed E-state index contributed by atoms with van der Waals surface area (Å²) in [6.45, 7) is 0. The molecule has 0 amide bonds. The number of nitrogens with zero attached hydrogens (tertiary/aromatic N) is 4. The summed E-state index contributed by atoms with van der Waals surface area (Å²) in [6.07, 6.45) is 5.64. The molecule has 1 aliphatic rings. The third-order valence-electron chi connectivity index (χ3n) is 4.58. The van der Waals surface area contributed by atoms with Crippen molar-refractivity contribution in [2.75, 3.05) is 0 Å². The highest BCUT2D eigenvalue weighted by molar-refractivity contribution is 5.55. The van der Waals surface area contributed by atoms with Gasteiger partial charge in [0.15, 0.2) is 0 Å². The third kappa shape index (κ3) is 1.96. The van der Waals surface area contributed by atoms with Gasteiger partial charge in [-0.15, -0.1) is 0 Å². The first-order valence-corrected chi connectivity index (χ1v) is 7.79. The smallest absolute Gasteiger partial charge is 0.237 e. The van der Waals surface area contributed by atoms with Crippen LogP contribution in [-0.4, -0.2) is 19.5 Å². The van der Waals surface area contributed by atoms with Crippen LogP contribution >= 0.6 is 0 Å². The maximum absolute atomic E-state index is 13.2. The van der Waals surface area contributed by atoms with Crippen molar-refractivity contribution in [1.29, 1.82) is 0 Å². The second-order valence-corrected chi connectivity index (χ2v) is 6.10. The topological polar surface area (TPSA) is 56.2 Å². The molecule has 0 saturated heterocycles. The Labute approximate surface area is 136 Å². The SMILES string of the molecule is Fc1ccc(C2(c3nc(-c4cn5ccccc5n4)no3)CC2)cc1. The van der Waals surface area contributed by atoms with Crippen LogP contribution in [0.3, 0.4) is 0 Å². The van der Waals surface area contributed by atoms with Crippen LogP contribution in [0.5, 0.6) is 0 Å². The highest BCUT2D eigenvalue weighted by Gasteiger charge is 2.51. The summed E-state index contributed by atoms with van der Waals surface area (Å²) in [6, 6.07) is 12.3. The molecule has 1 saturated carbocycles. The summed E-state index contributed by atoms with van der Waals surface area (Å²) in [5.41, 5.74) is 2.23. The summed E-state index contributed by atoms with van der Waals surface area (Å²) in [7, 11) is 0. The fourth-order valence-electron chi connectivity index (χ4n) is 3.08. The average molecular weight is 320 g/mol. The molecule has 3 heterocycles. The fourth-order valence-corrected chi connectivity index (χ4v) is 3.08. The molecule has 6 heteroatoms. The summed E-state index contributed by atoms with van der Waals surface area (Å²) in [4.78, 5) is 9.07. The maximum atomic E-state index is 13.2. The molecule has 0 radical (unpaired) electrons. The molecule has 4 aromatic rings. The monoisotopic (exact) mass is 320 g/mol. The van der Waals surface area contributed by atoms with Gasteiger partial charge in [0.1, 0.15) is 17.2 Å². The molecule has 0 atom stereocenters. The van der Waals surface area contributed by atoms with E-state index >= 15 is 0 Å². The van der Waals surface area contributed by atoms with E-state index in [-0.39, 0.29) is 11.2 Å². The van der Waals surface area contributed by atoms with E-state index in [9.17, 15) is 4.39 Å². The maximum Gasteiger partial charge on any atom is 0.237 e. The van der Waals surface area contributed by atoms with Gasteiger partial charge in [0.05, 0.1) is 5.41 Å². The molecule has 1 fully saturated rings. The van der Waals surface area contributed by atoms with Crippen LogP contribution in [0.4, 0.5) is 4.39 Å². The van der Waals surface area contributed by atoms with Gasteiger partial charge in [0.25, 0.3) is 0 Å². The Balaban J connectivity index is 1.54. The fraction of sp³-hybridized carbons (Fsp3) is 0.167. The largest absolute Gasteiger partial charge is 0.338 e. The highest BCUT2D eigenvalue weighted by Crippen LogP contribution is 2.53. The zero-order valence-electron chi connectivity index (χ0n) is 12.7. The number of benzene rings is 1. The van der Waals surface area contributed by atoms with E-state index in [0.717, 1.165) is 24.1 Å². The van der Waals surface area contributed by atoms with E-state index in [0.29, 0.717) is 17.4 Å². The van der Waals surface area contributed by atoms with E-state index < -0.39 is 0 Å². The Bertz CT molecular complexity index is 998. The van der Waals surface area contributed by atoms with Crippen LogP contribution < -0.4 is 0 Å². The molecule has 5 nitrogen and oxygen atoms in total. The van der Waals surface area contributed by atoms with Gasteiger partial charge >= 0.3 is 0 Å². The number of imidazole rings is 1. The molecular formula is C18H13FN4O. The summed E-state index contributed by atoms with van der Waals surface area (Å²) < 4.78 is 20.6. The second kappa shape index (κ2) is 4.74. The average Bonchev–Trinajstić information content (AvgIpc) is 3.08. The van der Waals surface area contributed by atoms with Crippen molar-refractivity contribution in [3.63, 3.8) is 0 Å². The van der Waals surface area contributed by atoms with Crippen LogP contribution in [0, 0.1) is 5.82 Å². The number of rotatable bonds is 3. The van der Waals surface area contributed by atoms with Gasteiger partial charge in [-0.3, -0.25) is 0 Å². The number of halogens is 1. The molecule has 0 N–H and O–H groups in total. The lowest BCUT2D eigenvalue weighted by atomic mass is 9.96. The number of hydrogen-bond donors (Lipinski definition) is 0. The molecule has 0 unspecified atom stereocenters. The number of fused-ring (bicyclic) bond motifs is 1. The van der Waals surface area contributed by atoms with Crippen LogP contribution in [0.2, 0.25) is 0 Å². The molecule has 1 aliphatic carbocycles. The molecule has 24 heavy (non-hydrogen) atoms. The lowest BCUT2D eigenvalue weighted by Crippen LogP contribution is -2.09. The van der Waals surface area contributed by atoms with Crippen LogP contribution in [0.1, 0.15) is 24.3 Å². The number of pyridine rings is 1. The van der Waals surface area contributed by atoms with Crippen LogP contribution in [0.15, 0.2) is 59.4 Å². The van der Waals surface area contributed by atoms with Crippen molar-refractivity contribution >= 4 is 5.65 Å². The zero-order chi connectivity index (χ0) is 16.1. The van der Waals surface area contributed by atoms with Crippen molar-refractivity contribution in [1.82, 2.24) is 19.5 Å². The third-order valence-corrected chi connectivity index (χ3v) is 4.58. The standard InChI is InChI=1S/C18H13FN4O/c19-13-6-4-12(5-7-13)18(8-9-18)17-21-16(22-24-17)14-11-23-10-2-1-3-15(23)20-14/h1-7,10-11H,8-9H2. The first-order chi connectivity index (χ1) is 11.7. The van der Waals surface area contributed by atoms with Gasteiger partial charge in [0, 0.05) is 12.4 Å². The molecule has 0 aliphatic heterocycles. The van der Waals surface area contributed by atoms with Gasteiger partial charge < -0.3 is 8.92 Å². The van der Waals surface area contributed by atoms with Crippen molar-refractivity contribution in [2.24, 2.45) is 0 Å². The Morgan fingerprint density at radius 3 is 2.62 bits per heavy atom. The summed E-state index contributed by atoms with van der Waals surface area (Å²) >= 11 is 0. The van der Waals surface area contributed by atoms with Gasteiger partial charge in [-0.25, -0.2) is 9.37 Å². The molecule has 3 aromatic heterocycles. The van der Waals surface area contributed by atoms with E-state index in [1.165, 1.54) is 12.1 Å². The lowest BCUT2D eigenvalue weighted by Gasteiger charge is -2.09. The van der Waals surface area contributed by atoms with Gasteiger partial charge in [0.2, 0.25) is 11.7 Å². The van der Waals surface area contributed by atoms with Gasteiger partial charge in [-0.2, -0.15) is 4.98 Å². The predicted molar refractivity (Wildman–Crippen MR) is 84.9 cm³/mol. The van der Waals surface area contributed by atoms with Crippen molar-refractivity contribution < 1.29 is 8.91 Å². The Kier molecular flexibility index (Phi) is 2.65. The van der Waals surface area contributed by atoms with Crippen molar-refractivity contribution in [2.45, 2.75) is 18.3 Å². The van der Waals surface area contributed by atoms with E-state index in [4.69, 9.17) is 4.52 Å². The molecule has 118 valence electrons. The van der Waals surface area contributed by atoms with E-state index in [1.54, 1.807) is 12.1 Å². The molecule has 1 aromatic carbocycles. The Hall–Kier alpha value is -3.02. The van der Waals surface area contributed by atoms with E-state index in [2.05, 4.69) is 15.1 Å². The van der Waals surface area contributed by atoms with Crippen molar-refractivity contribution in [3.8, 4) is 11.5 Å². The number of aromatic nitrogens is 4. The Morgan fingerprint density at radius 1 is 1.04 bits per heavy atom. The predicted octanol–water partition coefficient (Wildman–Crippen LogP) is 3.60. The zero-order valence-corrected chi connectivity index (χ0v) is 12.7. The minimum Gasteiger partial charge on any atom is -0.338 e. The van der Waals surface area contributed by atoms with Crippen LogP contribution in [0.25, 0.3) is 17.2 Å². The van der Waals surface area contributed by atoms with Crippen molar-refractivity contribution in [3.05, 3.63) is 72.1 Å². The second-order valence-electron chi connectivity index (χ2n) is 6.10. The number of hydrogen-bond acceptors (Lipinski definition) is 4. The summed E-state index contributed by atoms with van der Waals surface area (Å²) in [5, 5.41) is 4.10. The van der Waals surface area contributed by atoms with Crippen LogP contribution in [-0.2, 0) is 5.41 Å². The minimum atomic E-state index is -0.280. The van der Waals surface area contributed by atoms with E-state index in [1.807, 2.05) is 35.0 Å². The first kappa shape index (κ1) is 13.4. The molecule has 5 rings (SSSR count). The first-order valence-electron chi connectivity index (χ1n) is 7.79. The highest BCUT2D eigenvalue weighted by atomic mass is 19.1. The molecular weight excluding hydrogens is 307 g/mol. The summed E-state index contributed by atoms with van der Waals surface area (Å²) in [5.74, 6) is 0.800. The lowest BCUT2D eigenvalue weighted by molar-refractivity contribution is 0.360. The van der Waals surface area contributed by atoms with Gasteiger partial charge in [-0.1, -0.05) is 23.4 Å². The quantitative estimate of drug-likeness (QED) is 0.579. The molecule has 0 bridgehead atoms.